The summed E-state index contributed by atoms with van der Waals surface area (Å²) in [7, 11) is 0. The molecule has 0 aliphatic rings. The van der Waals surface area contributed by atoms with Crippen LogP contribution in [0.25, 0.3) is 16.9 Å². The van der Waals surface area contributed by atoms with Crippen LogP contribution in [0.4, 0.5) is 13.2 Å². The molecule has 0 bridgehead atoms. The van der Waals surface area contributed by atoms with Crippen molar-refractivity contribution in [2.24, 2.45) is 0 Å². The number of pyridine rings is 1. The van der Waals surface area contributed by atoms with Crippen molar-refractivity contribution in [2.45, 2.75) is 6.92 Å². The van der Waals surface area contributed by atoms with E-state index in [1.807, 2.05) is 0 Å². The van der Waals surface area contributed by atoms with Crippen LogP contribution >= 0.6 is 12.2 Å². The lowest BCUT2D eigenvalue weighted by Gasteiger charge is -2.05. The third kappa shape index (κ3) is 1.90. The van der Waals surface area contributed by atoms with E-state index in [-0.39, 0.29) is 10.5 Å². The Labute approximate surface area is 116 Å². The van der Waals surface area contributed by atoms with Crippen molar-refractivity contribution in [2.75, 3.05) is 0 Å². The van der Waals surface area contributed by atoms with Gasteiger partial charge in [-0.05, 0) is 31.3 Å². The molecule has 102 valence electrons. The highest BCUT2D eigenvalue weighted by atomic mass is 32.1. The molecule has 0 spiro atoms. The number of fused-ring (bicyclic) bond motifs is 1. The molecule has 0 amide bonds. The minimum absolute atomic E-state index is 0.0794. The minimum Gasteiger partial charge on any atom is -0.329 e. The van der Waals surface area contributed by atoms with Crippen LogP contribution in [-0.2, 0) is 0 Å². The van der Waals surface area contributed by atoms with Crippen molar-refractivity contribution in [1.82, 2.24) is 14.5 Å². The number of halogens is 3. The number of nitrogens with one attached hydrogen (secondary N) is 1. The number of hydrogen-bond donors (Lipinski definition) is 1. The first-order valence-corrected chi connectivity index (χ1v) is 6.11. The molecule has 0 unspecified atom stereocenters. The van der Waals surface area contributed by atoms with E-state index in [1.165, 1.54) is 4.57 Å². The van der Waals surface area contributed by atoms with E-state index in [0.29, 0.717) is 11.2 Å². The SMILES string of the molecule is Cc1ccc2[nH]c(=S)n(-c3cc(F)c(F)c(F)c3)c2n1. The third-order valence-electron chi connectivity index (χ3n) is 2.90. The number of benzene rings is 1. The van der Waals surface area contributed by atoms with Gasteiger partial charge in [0.25, 0.3) is 0 Å². The summed E-state index contributed by atoms with van der Waals surface area (Å²) >= 11 is 5.13. The monoisotopic (exact) mass is 295 g/mol. The molecule has 2 heterocycles. The van der Waals surface area contributed by atoms with Gasteiger partial charge >= 0.3 is 0 Å². The number of aromatic nitrogens is 3. The Morgan fingerprint density at radius 3 is 2.45 bits per heavy atom. The second kappa shape index (κ2) is 4.45. The molecule has 0 atom stereocenters. The summed E-state index contributed by atoms with van der Waals surface area (Å²) in [6.45, 7) is 1.78. The predicted octanol–water partition coefficient (Wildman–Crippen LogP) is 3.81. The van der Waals surface area contributed by atoms with Crippen LogP contribution in [0.2, 0.25) is 0 Å². The Bertz CT molecular complexity index is 859. The van der Waals surface area contributed by atoms with Gasteiger partial charge in [-0.15, -0.1) is 0 Å². The van der Waals surface area contributed by atoms with Gasteiger partial charge in [-0.25, -0.2) is 18.2 Å². The van der Waals surface area contributed by atoms with E-state index in [9.17, 15) is 13.2 Å². The van der Waals surface area contributed by atoms with Crippen LogP contribution in [0.15, 0.2) is 24.3 Å². The van der Waals surface area contributed by atoms with Gasteiger partial charge in [0.15, 0.2) is 27.9 Å². The van der Waals surface area contributed by atoms with Gasteiger partial charge in [0.05, 0.1) is 11.2 Å². The van der Waals surface area contributed by atoms with Crippen LogP contribution in [-0.4, -0.2) is 14.5 Å². The van der Waals surface area contributed by atoms with E-state index in [1.54, 1.807) is 19.1 Å². The summed E-state index contributed by atoms with van der Waals surface area (Å²) in [6.07, 6.45) is 0. The van der Waals surface area contributed by atoms with Crippen LogP contribution in [0.3, 0.4) is 0 Å². The van der Waals surface area contributed by atoms with Crippen LogP contribution in [0.1, 0.15) is 5.69 Å². The number of imidazole rings is 1. The van der Waals surface area contributed by atoms with Crippen LogP contribution in [0, 0.1) is 29.1 Å². The zero-order valence-corrected chi connectivity index (χ0v) is 11.1. The number of aryl methyl sites for hydroxylation is 1. The van der Waals surface area contributed by atoms with Crippen LogP contribution in [0.5, 0.6) is 0 Å². The molecule has 0 saturated heterocycles. The van der Waals surface area contributed by atoms with E-state index in [4.69, 9.17) is 12.2 Å². The first-order chi connectivity index (χ1) is 9.47. The van der Waals surface area contributed by atoms with Crippen molar-refractivity contribution in [3.63, 3.8) is 0 Å². The Morgan fingerprint density at radius 2 is 1.80 bits per heavy atom. The fourth-order valence-electron chi connectivity index (χ4n) is 1.99. The number of rotatable bonds is 1. The van der Waals surface area contributed by atoms with Crippen molar-refractivity contribution in [3.8, 4) is 5.69 Å². The summed E-state index contributed by atoms with van der Waals surface area (Å²) in [5, 5.41) is 0. The molecule has 1 N–H and O–H groups in total. The molecule has 20 heavy (non-hydrogen) atoms. The first-order valence-electron chi connectivity index (χ1n) is 5.70. The highest BCUT2D eigenvalue weighted by Gasteiger charge is 2.14. The molecule has 2 aromatic heterocycles. The highest BCUT2D eigenvalue weighted by molar-refractivity contribution is 7.71. The molecule has 3 nitrogen and oxygen atoms in total. The molecule has 0 fully saturated rings. The molecule has 3 aromatic rings. The normalized spacial score (nSPS) is 11.2. The van der Waals surface area contributed by atoms with Crippen molar-refractivity contribution >= 4 is 23.4 Å². The second-order valence-electron chi connectivity index (χ2n) is 4.31. The number of H-pyrrole nitrogens is 1. The summed E-state index contributed by atoms with van der Waals surface area (Å²) in [6, 6.07) is 5.31. The zero-order chi connectivity index (χ0) is 14.4. The average molecular weight is 295 g/mol. The van der Waals surface area contributed by atoms with E-state index >= 15 is 0 Å². The summed E-state index contributed by atoms with van der Waals surface area (Å²) in [4.78, 5) is 7.16. The van der Waals surface area contributed by atoms with Gasteiger partial charge in [-0.3, -0.25) is 4.57 Å². The molecule has 0 aliphatic carbocycles. The molecular formula is C13H8F3N3S. The number of aromatic amines is 1. The Hall–Kier alpha value is -2.15. The Morgan fingerprint density at radius 1 is 1.15 bits per heavy atom. The molecule has 3 rings (SSSR count). The van der Waals surface area contributed by atoms with E-state index < -0.39 is 17.5 Å². The van der Waals surface area contributed by atoms with E-state index in [0.717, 1.165) is 17.8 Å². The van der Waals surface area contributed by atoms with E-state index in [2.05, 4.69) is 9.97 Å². The number of nitrogens with zero attached hydrogens (tertiary/aromatic N) is 2. The molecule has 0 radical (unpaired) electrons. The quantitative estimate of drug-likeness (QED) is 0.547. The molecule has 0 aliphatic heterocycles. The molecule has 1 aromatic carbocycles. The van der Waals surface area contributed by atoms with Crippen LogP contribution < -0.4 is 0 Å². The van der Waals surface area contributed by atoms with Gasteiger partial charge in [-0.1, -0.05) is 0 Å². The summed E-state index contributed by atoms with van der Waals surface area (Å²) < 4.78 is 41.3. The standard InChI is InChI=1S/C13H8F3N3S/c1-6-2-3-10-12(17-6)19(13(20)18-10)7-4-8(14)11(16)9(15)5-7/h2-5H,1H3,(H,18,20). The van der Waals surface area contributed by atoms with Gasteiger partial charge in [0.2, 0.25) is 0 Å². The smallest absolute Gasteiger partial charge is 0.194 e. The van der Waals surface area contributed by atoms with Gasteiger partial charge in [0, 0.05) is 17.8 Å². The predicted molar refractivity (Wildman–Crippen MR) is 70.9 cm³/mol. The zero-order valence-electron chi connectivity index (χ0n) is 10.2. The van der Waals surface area contributed by atoms with Crippen molar-refractivity contribution < 1.29 is 13.2 Å². The lowest BCUT2D eigenvalue weighted by Crippen LogP contribution is -2.00. The number of hydrogen-bond acceptors (Lipinski definition) is 2. The van der Waals surface area contributed by atoms with Gasteiger partial charge in [-0.2, -0.15) is 0 Å². The summed E-state index contributed by atoms with van der Waals surface area (Å²) in [5.74, 6) is -4.06. The first kappa shape index (κ1) is 12.9. The molecule has 0 saturated carbocycles. The average Bonchev–Trinajstić information content (AvgIpc) is 2.70. The van der Waals surface area contributed by atoms with Gasteiger partial charge in [0.1, 0.15) is 0 Å². The van der Waals surface area contributed by atoms with Crippen molar-refractivity contribution in [1.29, 1.82) is 0 Å². The Balaban J connectivity index is 2.37. The lowest BCUT2D eigenvalue weighted by atomic mass is 10.2. The lowest BCUT2D eigenvalue weighted by molar-refractivity contribution is 0.446. The fraction of sp³-hybridized carbons (Fsp3) is 0.0769. The van der Waals surface area contributed by atoms with Crippen molar-refractivity contribution in [3.05, 3.63) is 52.2 Å². The third-order valence-corrected chi connectivity index (χ3v) is 3.18. The Kier molecular flexibility index (Phi) is 2.86. The maximum absolute atomic E-state index is 13.4. The maximum Gasteiger partial charge on any atom is 0.194 e. The fourth-order valence-corrected chi connectivity index (χ4v) is 2.29. The molecular weight excluding hydrogens is 287 g/mol. The minimum atomic E-state index is -1.51. The summed E-state index contributed by atoms with van der Waals surface area (Å²) in [5.41, 5.74) is 1.87. The second-order valence-corrected chi connectivity index (χ2v) is 4.70. The van der Waals surface area contributed by atoms with Gasteiger partial charge < -0.3 is 4.98 Å². The largest absolute Gasteiger partial charge is 0.329 e. The topological polar surface area (TPSA) is 33.6 Å². The molecule has 7 heteroatoms. The highest BCUT2D eigenvalue weighted by Crippen LogP contribution is 2.21. The maximum atomic E-state index is 13.4.